The lowest BCUT2D eigenvalue weighted by molar-refractivity contribution is -0.137. The first-order valence-corrected chi connectivity index (χ1v) is 9.47. The second-order valence-corrected chi connectivity index (χ2v) is 7.22. The summed E-state index contributed by atoms with van der Waals surface area (Å²) in [6.07, 6.45) is -1.42. The molecule has 3 aromatic rings. The van der Waals surface area contributed by atoms with Crippen molar-refractivity contribution in [3.05, 3.63) is 94.9 Å². The molecule has 0 saturated carbocycles. The molecule has 2 heterocycles. The molecule has 0 spiro atoms. The molecule has 0 unspecified atom stereocenters. The summed E-state index contributed by atoms with van der Waals surface area (Å²) in [5.74, 6) is -0.498. The minimum atomic E-state index is -4.46. The van der Waals surface area contributed by atoms with E-state index in [0.717, 1.165) is 28.2 Å². The van der Waals surface area contributed by atoms with Crippen molar-refractivity contribution < 1.29 is 22.8 Å². The maximum absolute atomic E-state index is 13.1. The summed E-state index contributed by atoms with van der Waals surface area (Å²) < 4.78 is 40.7. The third kappa shape index (κ3) is 4.23. The molecule has 8 heteroatoms. The highest BCUT2D eigenvalue weighted by molar-refractivity contribution is 6.13. The van der Waals surface area contributed by atoms with Crippen LogP contribution < -0.4 is 5.32 Å². The van der Waals surface area contributed by atoms with Crippen molar-refractivity contribution in [2.75, 3.05) is 0 Å². The molecule has 158 valence electrons. The van der Waals surface area contributed by atoms with E-state index in [9.17, 15) is 22.8 Å². The van der Waals surface area contributed by atoms with Crippen LogP contribution in [-0.4, -0.2) is 21.4 Å². The average molecular weight is 425 g/mol. The quantitative estimate of drug-likeness (QED) is 0.478. The highest BCUT2D eigenvalue weighted by Gasteiger charge is 2.34. The van der Waals surface area contributed by atoms with Crippen LogP contribution in [0, 0.1) is 6.92 Å². The van der Waals surface area contributed by atoms with Crippen LogP contribution in [0.2, 0.25) is 0 Å². The van der Waals surface area contributed by atoms with Gasteiger partial charge in [0.05, 0.1) is 12.1 Å². The summed E-state index contributed by atoms with van der Waals surface area (Å²) in [6, 6.07) is 15.1. The van der Waals surface area contributed by atoms with Crippen molar-refractivity contribution in [2.45, 2.75) is 19.6 Å². The molecule has 1 aliphatic rings. The van der Waals surface area contributed by atoms with Crippen molar-refractivity contribution in [2.24, 2.45) is 0 Å². The molecule has 0 radical (unpaired) electrons. The summed E-state index contributed by atoms with van der Waals surface area (Å²) >= 11 is 0. The van der Waals surface area contributed by atoms with Crippen LogP contribution in [0.1, 0.15) is 22.4 Å². The van der Waals surface area contributed by atoms with Gasteiger partial charge in [0, 0.05) is 17.6 Å². The first-order chi connectivity index (χ1) is 14.7. The second kappa shape index (κ2) is 7.79. The van der Waals surface area contributed by atoms with Gasteiger partial charge in [-0.1, -0.05) is 35.9 Å². The molecular weight excluding hydrogens is 407 g/mol. The highest BCUT2D eigenvalue weighted by atomic mass is 19.4. The lowest BCUT2D eigenvalue weighted by atomic mass is 10.1. The first-order valence-electron chi connectivity index (χ1n) is 9.47. The zero-order valence-corrected chi connectivity index (χ0v) is 16.5. The maximum Gasteiger partial charge on any atom is 0.416 e. The number of amides is 3. The van der Waals surface area contributed by atoms with Crippen LogP contribution >= 0.6 is 0 Å². The lowest BCUT2D eigenvalue weighted by Crippen LogP contribution is -2.30. The fourth-order valence-electron chi connectivity index (χ4n) is 3.32. The summed E-state index contributed by atoms with van der Waals surface area (Å²) in [5, 5.41) is 2.54. The van der Waals surface area contributed by atoms with Gasteiger partial charge in [-0.05, 0) is 48.9 Å². The number of carbonyl (C=O) groups is 2. The molecule has 4 rings (SSSR count). The predicted octanol–water partition coefficient (Wildman–Crippen LogP) is 4.90. The summed E-state index contributed by atoms with van der Waals surface area (Å²) in [5.41, 5.74) is 1.91. The Morgan fingerprint density at radius 1 is 1.00 bits per heavy atom. The number of rotatable bonds is 4. The van der Waals surface area contributed by atoms with Gasteiger partial charge in [-0.25, -0.2) is 4.79 Å². The van der Waals surface area contributed by atoms with E-state index in [0.29, 0.717) is 11.4 Å². The molecule has 1 N–H and O–H groups in total. The molecule has 1 saturated heterocycles. The molecule has 2 aromatic carbocycles. The fraction of sp³-hybridized carbons (Fsp3) is 0.130. The van der Waals surface area contributed by atoms with Crippen LogP contribution in [0.4, 0.5) is 18.0 Å². The molecule has 1 aliphatic heterocycles. The molecule has 0 atom stereocenters. The fourth-order valence-corrected chi connectivity index (χ4v) is 3.32. The molecule has 5 nitrogen and oxygen atoms in total. The third-order valence-corrected chi connectivity index (χ3v) is 4.95. The summed E-state index contributed by atoms with van der Waals surface area (Å²) in [6.45, 7) is 2.06. The van der Waals surface area contributed by atoms with Crippen LogP contribution in [-0.2, 0) is 17.5 Å². The second-order valence-electron chi connectivity index (χ2n) is 7.22. The van der Waals surface area contributed by atoms with E-state index in [4.69, 9.17) is 0 Å². The lowest BCUT2D eigenvalue weighted by Gasteiger charge is -2.12. The SMILES string of the molecule is Cc1ccc(CN2C(=O)N/C(=C\c3cccn3-c3cccc(C(F)(F)F)c3)C2=O)cc1. The van der Waals surface area contributed by atoms with Gasteiger partial charge in [-0.15, -0.1) is 0 Å². The monoisotopic (exact) mass is 425 g/mol. The maximum atomic E-state index is 13.1. The first kappa shape index (κ1) is 20.5. The number of imide groups is 1. The Morgan fingerprint density at radius 2 is 1.74 bits per heavy atom. The van der Waals surface area contributed by atoms with Crippen LogP contribution in [0.3, 0.4) is 0 Å². The molecule has 31 heavy (non-hydrogen) atoms. The zero-order chi connectivity index (χ0) is 22.2. The largest absolute Gasteiger partial charge is 0.416 e. The van der Waals surface area contributed by atoms with Gasteiger partial charge in [0.2, 0.25) is 0 Å². The Bertz CT molecular complexity index is 1180. The smallest absolute Gasteiger partial charge is 0.317 e. The highest BCUT2D eigenvalue weighted by Crippen LogP contribution is 2.31. The van der Waals surface area contributed by atoms with Crippen molar-refractivity contribution in [1.82, 2.24) is 14.8 Å². The molecule has 1 aromatic heterocycles. The van der Waals surface area contributed by atoms with Crippen molar-refractivity contribution >= 4 is 18.0 Å². The molecule has 0 aliphatic carbocycles. The standard InChI is InChI=1S/C23H18F3N3O2/c1-15-7-9-16(10-8-15)14-29-21(30)20(27-22(29)31)13-19-6-3-11-28(19)18-5-2-4-17(12-18)23(24,25)26/h2-13H,14H2,1H3,(H,27,31)/b20-13-. The Labute approximate surface area is 176 Å². The van der Waals surface area contributed by atoms with Gasteiger partial charge in [0.15, 0.2) is 0 Å². The molecule has 0 bridgehead atoms. The van der Waals surface area contributed by atoms with Gasteiger partial charge < -0.3 is 9.88 Å². The van der Waals surface area contributed by atoms with Crippen LogP contribution in [0.15, 0.2) is 72.6 Å². The van der Waals surface area contributed by atoms with Gasteiger partial charge >= 0.3 is 12.2 Å². The Kier molecular flexibility index (Phi) is 5.14. The summed E-state index contributed by atoms with van der Waals surface area (Å²) in [7, 11) is 0. The number of alkyl halides is 3. The number of carbonyl (C=O) groups excluding carboxylic acids is 2. The van der Waals surface area contributed by atoms with Gasteiger partial charge in [0.25, 0.3) is 5.91 Å². The number of nitrogens with zero attached hydrogens (tertiary/aromatic N) is 2. The van der Waals surface area contributed by atoms with Crippen molar-refractivity contribution in [3.8, 4) is 5.69 Å². The molecule has 1 fully saturated rings. The topological polar surface area (TPSA) is 54.3 Å². The van der Waals surface area contributed by atoms with Gasteiger partial charge in [-0.2, -0.15) is 13.2 Å². The van der Waals surface area contributed by atoms with Crippen molar-refractivity contribution in [3.63, 3.8) is 0 Å². The zero-order valence-electron chi connectivity index (χ0n) is 16.5. The van der Waals surface area contributed by atoms with Gasteiger partial charge in [-0.3, -0.25) is 9.69 Å². The third-order valence-electron chi connectivity index (χ3n) is 4.95. The predicted molar refractivity (Wildman–Crippen MR) is 109 cm³/mol. The minimum absolute atomic E-state index is 0.0593. The Morgan fingerprint density at radius 3 is 2.45 bits per heavy atom. The van der Waals surface area contributed by atoms with Gasteiger partial charge in [0.1, 0.15) is 5.70 Å². The Hall–Kier alpha value is -3.81. The van der Waals surface area contributed by atoms with E-state index in [2.05, 4.69) is 5.32 Å². The van der Waals surface area contributed by atoms with E-state index in [1.165, 1.54) is 22.8 Å². The number of hydrogen-bond acceptors (Lipinski definition) is 2. The van der Waals surface area contributed by atoms with E-state index in [-0.39, 0.29) is 12.2 Å². The van der Waals surface area contributed by atoms with Crippen LogP contribution in [0.5, 0.6) is 0 Å². The van der Waals surface area contributed by atoms with E-state index in [1.54, 1.807) is 18.3 Å². The number of hydrogen-bond donors (Lipinski definition) is 1. The number of urea groups is 1. The number of aryl methyl sites for hydroxylation is 1. The minimum Gasteiger partial charge on any atom is -0.317 e. The Balaban J connectivity index is 1.61. The number of nitrogens with one attached hydrogen (secondary N) is 1. The summed E-state index contributed by atoms with van der Waals surface area (Å²) in [4.78, 5) is 26.2. The van der Waals surface area contributed by atoms with E-state index in [1.807, 2.05) is 31.2 Å². The number of halogens is 3. The molecular formula is C23H18F3N3O2. The number of aromatic nitrogens is 1. The normalized spacial score (nSPS) is 15.6. The van der Waals surface area contributed by atoms with Crippen LogP contribution in [0.25, 0.3) is 11.8 Å². The number of benzene rings is 2. The van der Waals surface area contributed by atoms with E-state index < -0.39 is 23.7 Å². The molecule has 3 amide bonds. The average Bonchev–Trinajstić information content (AvgIpc) is 3.29. The van der Waals surface area contributed by atoms with E-state index >= 15 is 0 Å². The van der Waals surface area contributed by atoms with Crippen molar-refractivity contribution in [1.29, 1.82) is 0 Å².